The number of anilines is 1. The molecule has 1 atom stereocenters. The minimum absolute atomic E-state index is 0.0315. The van der Waals surface area contributed by atoms with Gasteiger partial charge in [-0.05, 0) is 12.1 Å². The molecule has 0 aliphatic heterocycles. The SMILES string of the molecule is Nc1cn(CC(F)CCn2cc(C(=O)NCc3cc(C(F)(F)F)ccn3)nn2)nn1. The van der Waals surface area contributed by atoms with Crippen molar-refractivity contribution in [3.05, 3.63) is 47.7 Å². The summed E-state index contributed by atoms with van der Waals surface area (Å²) < 4.78 is 54.7. The van der Waals surface area contributed by atoms with Crippen molar-refractivity contribution in [3.63, 3.8) is 0 Å². The van der Waals surface area contributed by atoms with Crippen LogP contribution in [0.2, 0.25) is 0 Å². The Morgan fingerprint density at radius 3 is 2.67 bits per heavy atom. The number of carbonyl (C=O) groups is 1. The molecule has 3 aromatic heterocycles. The normalized spacial score (nSPS) is 12.7. The summed E-state index contributed by atoms with van der Waals surface area (Å²) in [4.78, 5) is 15.9. The number of nitrogens with two attached hydrogens (primary N) is 1. The van der Waals surface area contributed by atoms with E-state index in [9.17, 15) is 22.4 Å². The van der Waals surface area contributed by atoms with Gasteiger partial charge in [-0.3, -0.25) is 14.5 Å². The van der Waals surface area contributed by atoms with Gasteiger partial charge < -0.3 is 11.1 Å². The number of hydrogen-bond donors (Lipinski definition) is 2. The van der Waals surface area contributed by atoms with Gasteiger partial charge in [-0.2, -0.15) is 13.2 Å². The lowest BCUT2D eigenvalue weighted by Crippen LogP contribution is -2.24. The van der Waals surface area contributed by atoms with Gasteiger partial charge in [-0.25, -0.2) is 9.07 Å². The lowest BCUT2D eigenvalue weighted by Gasteiger charge is -2.08. The molecular weight excluding hydrogens is 410 g/mol. The molecule has 3 N–H and O–H groups in total. The standard InChI is InChI=1S/C16H17F4N9O/c17-11(7-29-9-14(21)25-27-29)2-4-28-8-13(24-26-28)15(30)23-6-12-5-10(1-3-22-12)16(18,19)20/h1,3,5,8-9,11H,2,4,6-7,21H2,(H,23,30). The lowest BCUT2D eigenvalue weighted by atomic mass is 10.2. The summed E-state index contributed by atoms with van der Waals surface area (Å²) >= 11 is 0. The first-order valence-electron chi connectivity index (χ1n) is 8.71. The number of aromatic nitrogens is 7. The smallest absolute Gasteiger partial charge is 0.381 e. The Morgan fingerprint density at radius 1 is 1.20 bits per heavy atom. The predicted octanol–water partition coefficient (Wildman–Crippen LogP) is 1.22. The summed E-state index contributed by atoms with van der Waals surface area (Å²) in [6.45, 7) is -0.0970. The molecule has 1 unspecified atom stereocenters. The fraction of sp³-hybridized carbons (Fsp3) is 0.375. The fourth-order valence-corrected chi connectivity index (χ4v) is 2.49. The summed E-state index contributed by atoms with van der Waals surface area (Å²) in [7, 11) is 0. The summed E-state index contributed by atoms with van der Waals surface area (Å²) in [5, 5.41) is 17.1. The molecule has 0 aliphatic carbocycles. The molecule has 14 heteroatoms. The number of amides is 1. The first kappa shape index (κ1) is 21.1. The van der Waals surface area contributed by atoms with Crippen LogP contribution in [0, 0.1) is 0 Å². The van der Waals surface area contributed by atoms with Crippen LogP contribution in [0.3, 0.4) is 0 Å². The minimum atomic E-state index is -4.50. The number of hydrogen-bond acceptors (Lipinski definition) is 7. The number of alkyl halides is 4. The van der Waals surface area contributed by atoms with Crippen molar-refractivity contribution < 1.29 is 22.4 Å². The average Bonchev–Trinajstić information content (AvgIpc) is 3.33. The zero-order valence-electron chi connectivity index (χ0n) is 15.4. The Kier molecular flexibility index (Phi) is 6.23. The number of nitrogens with one attached hydrogen (secondary N) is 1. The summed E-state index contributed by atoms with van der Waals surface area (Å²) in [6.07, 6.45) is -1.93. The first-order chi connectivity index (χ1) is 14.2. The van der Waals surface area contributed by atoms with Gasteiger partial charge >= 0.3 is 6.18 Å². The molecular formula is C16H17F4N9O. The second-order valence-corrected chi connectivity index (χ2v) is 6.33. The lowest BCUT2D eigenvalue weighted by molar-refractivity contribution is -0.137. The summed E-state index contributed by atoms with van der Waals surface area (Å²) in [5.41, 5.74) is 4.54. The Morgan fingerprint density at radius 2 is 1.97 bits per heavy atom. The second kappa shape index (κ2) is 8.84. The monoisotopic (exact) mass is 427 g/mol. The van der Waals surface area contributed by atoms with Crippen molar-refractivity contribution in [2.24, 2.45) is 0 Å². The van der Waals surface area contributed by atoms with Gasteiger partial charge in [0.15, 0.2) is 11.5 Å². The average molecular weight is 427 g/mol. The number of nitrogens with zero attached hydrogens (tertiary/aromatic N) is 7. The minimum Gasteiger partial charge on any atom is -0.381 e. The van der Waals surface area contributed by atoms with E-state index in [4.69, 9.17) is 5.73 Å². The Labute approximate surface area is 167 Å². The molecule has 0 saturated heterocycles. The number of nitrogen functional groups attached to an aromatic ring is 1. The third-order valence-electron chi connectivity index (χ3n) is 3.96. The Balaban J connectivity index is 1.49. The number of carbonyl (C=O) groups excluding carboxylic acids is 1. The van der Waals surface area contributed by atoms with E-state index < -0.39 is 23.8 Å². The zero-order chi connectivity index (χ0) is 21.7. The van der Waals surface area contributed by atoms with Crippen molar-refractivity contribution in [2.45, 2.75) is 38.4 Å². The van der Waals surface area contributed by atoms with Crippen LogP contribution in [0.15, 0.2) is 30.7 Å². The number of aryl methyl sites for hydroxylation is 1. The molecule has 0 aliphatic rings. The van der Waals surface area contributed by atoms with Crippen molar-refractivity contribution in [1.29, 1.82) is 0 Å². The van der Waals surface area contributed by atoms with Crippen LogP contribution < -0.4 is 11.1 Å². The third kappa shape index (κ3) is 5.71. The molecule has 160 valence electrons. The van der Waals surface area contributed by atoms with E-state index in [1.54, 1.807) is 0 Å². The quantitative estimate of drug-likeness (QED) is 0.517. The van der Waals surface area contributed by atoms with Crippen molar-refractivity contribution in [2.75, 3.05) is 5.73 Å². The van der Waals surface area contributed by atoms with Gasteiger partial charge in [-0.15, -0.1) is 10.2 Å². The molecule has 0 aromatic carbocycles. The predicted molar refractivity (Wildman–Crippen MR) is 94.4 cm³/mol. The van der Waals surface area contributed by atoms with Crippen LogP contribution >= 0.6 is 0 Å². The molecule has 3 heterocycles. The van der Waals surface area contributed by atoms with Crippen LogP contribution in [0.1, 0.15) is 28.2 Å². The van der Waals surface area contributed by atoms with E-state index in [1.807, 2.05) is 0 Å². The summed E-state index contributed by atoms with van der Waals surface area (Å²) in [5.74, 6) is -0.454. The Bertz CT molecular complexity index is 1000. The molecule has 0 fully saturated rings. The highest BCUT2D eigenvalue weighted by Gasteiger charge is 2.30. The maximum absolute atomic E-state index is 14.0. The highest BCUT2D eigenvalue weighted by molar-refractivity contribution is 5.91. The van der Waals surface area contributed by atoms with E-state index in [2.05, 4.69) is 30.9 Å². The second-order valence-electron chi connectivity index (χ2n) is 6.33. The van der Waals surface area contributed by atoms with Gasteiger partial charge in [-0.1, -0.05) is 10.4 Å². The molecule has 3 rings (SSSR count). The molecule has 1 amide bonds. The molecule has 0 bridgehead atoms. The van der Waals surface area contributed by atoms with Gasteiger partial charge in [0.1, 0.15) is 6.17 Å². The van der Waals surface area contributed by atoms with Crippen LogP contribution in [-0.2, 0) is 25.8 Å². The van der Waals surface area contributed by atoms with Gasteiger partial charge in [0.25, 0.3) is 5.91 Å². The topological polar surface area (TPSA) is 129 Å². The van der Waals surface area contributed by atoms with Crippen molar-refractivity contribution >= 4 is 11.7 Å². The van der Waals surface area contributed by atoms with Crippen molar-refractivity contribution in [1.82, 2.24) is 40.3 Å². The Hall–Kier alpha value is -3.58. The first-order valence-corrected chi connectivity index (χ1v) is 8.71. The van der Waals surface area contributed by atoms with Crippen LogP contribution in [0.5, 0.6) is 0 Å². The third-order valence-corrected chi connectivity index (χ3v) is 3.96. The number of pyridine rings is 1. The highest BCUT2D eigenvalue weighted by Crippen LogP contribution is 2.28. The van der Waals surface area contributed by atoms with E-state index in [0.29, 0.717) is 0 Å². The largest absolute Gasteiger partial charge is 0.416 e. The fourth-order valence-electron chi connectivity index (χ4n) is 2.49. The van der Waals surface area contributed by atoms with E-state index in [0.717, 1.165) is 18.3 Å². The van der Waals surface area contributed by atoms with E-state index in [1.165, 1.54) is 21.8 Å². The summed E-state index contributed by atoms with van der Waals surface area (Å²) in [6, 6.07) is 1.69. The van der Waals surface area contributed by atoms with Crippen molar-refractivity contribution in [3.8, 4) is 0 Å². The number of halogens is 4. The van der Waals surface area contributed by atoms with E-state index >= 15 is 0 Å². The van der Waals surface area contributed by atoms with Crippen LogP contribution in [0.4, 0.5) is 23.4 Å². The van der Waals surface area contributed by atoms with Crippen LogP contribution in [0.25, 0.3) is 0 Å². The maximum atomic E-state index is 14.0. The van der Waals surface area contributed by atoms with E-state index in [-0.39, 0.29) is 43.3 Å². The molecule has 0 spiro atoms. The van der Waals surface area contributed by atoms with Gasteiger partial charge in [0.2, 0.25) is 0 Å². The van der Waals surface area contributed by atoms with Gasteiger partial charge in [0.05, 0.1) is 36.7 Å². The number of rotatable bonds is 8. The highest BCUT2D eigenvalue weighted by atomic mass is 19.4. The zero-order valence-corrected chi connectivity index (χ0v) is 15.4. The molecule has 3 aromatic rings. The molecule has 10 nitrogen and oxygen atoms in total. The molecule has 0 radical (unpaired) electrons. The molecule has 30 heavy (non-hydrogen) atoms. The maximum Gasteiger partial charge on any atom is 0.416 e. The molecule has 0 saturated carbocycles. The van der Waals surface area contributed by atoms with Crippen LogP contribution in [-0.4, -0.2) is 47.1 Å². The van der Waals surface area contributed by atoms with Gasteiger partial charge in [0, 0.05) is 19.2 Å².